The molecule has 0 aliphatic carbocycles. The Kier molecular flexibility index (Phi) is 4.15. The Balaban J connectivity index is 2.27. The Hall–Kier alpha value is -1.80. The van der Waals surface area contributed by atoms with E-state index >= 15 is 0 Å². The summed E-state index contributed by atoms with van der Waals surface area (Å²) in [6.45, 7) is 0.125. The number of benzene rings is 1. The monoisotopic (exact) mass is 301 g/mol. The van der Waals surface area contributed by atoms with Gasteiger partial charge in [0.25, 0.3) is 0 Å². The molecule has 0 amide bonds. The molecule has 8 heteroatoms. The molecule has 0 radical (unpaired) electrons. The van der Waals surface area contributed by atoms with Crippen LogP contribution in [0, 0.1) is 0 Å². The van der Waals surface area contributed by atoms with Crippen LogP contribution < -0.4 is 14.2 Å². The van der Waals surface area contributed by atoms with Crippen molar-refractivity contribution in [2.75, 3.05) is 20.2 Å². The van der Waals surface area contributed by atoms with Crippen molar-refractivity contribution in [3.05, 3.63) is 23.8 Å². The molecule has 1 aliphatic rings. The van der Waals surface area contributed by atoms with E-state index in [1.165, 1.54) is 7.11 Å². The average Bonchev–Trinajstić information content (AvgIpc) is 2.83. The summed E-state index contributed by atoms with van der Waals surface area (Å²) in [4.78, 5) is 11.4. The van der Waals surface area contributed by atoms with Crippen molar-refractivity contribution in [3.8, 4) is 11.5 Å². The molecule has 0 saturated heterocycles. The number of nitrogens with one attached hydrogen (secondary N) is 1. The second-order valence-corrected chi connectivity index (χ2v) is 6.12. The van der Waals surface area contributed by atoms with Gasteiger partial charge < -0.3 is 14.2 Å². The van der Waals surface area contributed by atoms with Crippen LogP contribution in [0.25, 0.3) is 0 Å². The Morgan fingerprint density at radius 3 is 2.75 bits per heavy atom. The van der Waals surface area contributed by atoms with Gasteiger partial charge in [-0.25, -0.2) is 13.1 Å². The summed E-state index contributed by atoms with van der Waals surface area (Å²) in [5.41, 5.74) is 0.602. The maximum atomic E-state index is 11.4. The predicted molar refractivity (Wildman–Crippen MR) is 69.9 cm³/mol. The van der Waals surface area contributed by atoms with Gasteiger partial charge >= 0.3 is 5.97 Å². The first-order chi connectivity index (χ1) is 9.39. The van der Waals surface area contributed by atoms with Crippen LogP contribution in [0.15, 0.2) is 18.2 Å². The minimum Gasteiger partial charge on any atom is -0.469 e. The lowest BCUT2D eigenvalue weighted by molar-refractivity contribution is -0.141. The summed E-state index contributed by atoms with van der Waals surface area (Å²) < 4.78 is 40.2. The molecule has 0 aromatic heterocycles. The Labute approximate surface area is 116 Å². The minimum absolute atomic E-state index is 0.108. The summed E-state index contributed by atoms with van der Waals surface area (Å²) in [7, 11) is -2.22. The summed E-state index contributed by atoms with van der Waals surface area (Å²) in [6, 6.07) is 4.28. The fourth-order valence-electron chi connectivity index (χ4n) is 1.87. The minimum atomic E-state index is -3.47. The lowest BCUT2D eigenvalue weighted by Gasteiger charge is -2.17. The van der Waals surface area contributed by atoms with Crippen LogP contribution in [0.1, 0.15) is 18.0 Å². The van der Waals surface area contributed by atoms with E-state index < -0.39 is 22.0 Å². The van der Waals surface area contributed by atoms with Crippen molar-refractivity contribution >= 4 is 16.0 Å². The van der Waals surface area contributed by atoms with E-state index in [0.29, 0.717) is 17.1 Å². The smallest absolute Gasteiger partial charge is 0.307 e. The maximum absolute atomic E-state index is 11.4. The summed E-state index contributed by atoms with van der Waals surface area (Å²) in [5.74, 6) is 0.599. The number of methoxy groups -OCH3 is 1. The zero-order valence-corrected chi connectivity index (χ0v) is 11.9. The van der Waals surface area contributed by atoms with Crippen LogP contribution in [-0.4, -0.2) is 34.5 Å². The number of carbonyl (C=O) groups is 1. The van der Waals surface area contributed by atoms with Crippen LogP contribution in [-0.2, 0) is 19.6 Å². The second-order valence-electron chi connectivity index (χ2n) is 4.34. The molecule has 20 heavy (non-hydrogen) atoms. The number of esters is 1. The predicted octanol–water partition coefficient (Wildman–Crippen LogP) is 0.569. The second kappa shape index (κ2) is 5.68. The molecule has 1 aromatic rings. The molecule has 0 fully saturated rings. The molecule has 7 nitrogen and oxygen atoms in total. The largest absolute Gasteiger partial charge is 0.469 e. The van der Waals surface area contributed by atoms with E-state index in [4.69, 9.17) is 9.47 Å². The Morgan fingerprint density at radius 2 is 2.10 bits per heavy atom. The number of sulfonamides is 1. The summed E-state index contributed by atoms with van der Waals surface area (Å²) >= 11 is 0. The lowest BCUT2D eigenvalue weighted by atomic mass is 10.0. The van der Waals surface area contributed by atoms with Gasteiger partial charge in [-0.3, -0.25) is 4.79 Å². The third kappa shape index (κ3) is 3.61. The van der Waals surface area contributed by atoms with Crippen molar-refractivity contribution in [3.63, 3.8) is 0 Å². The topological polar surface area (TPSA) is 90.9 Å². The lowest BCUT2D eigenvalue weighted by Crippen LogP contribution is -2.29. The highest BCUT2D eigenvalue weighted by atomic mass is 32.2. The van der Waals surface area contributed by atoms with Gasteiger partial charge in [0, 0.05) is 0 Å². The first kappa shape index (κ1) is 14.6. The summed E-state index contributed by atoms with van der Waals surface area (Å²) in [5, 5.41) is 0. The highest BCUT2D eigenvalue weighted by molar-refractivity contribution is 7.88. The molecule has 0 unspecified atom stereocenters. The number of hydrogen-bond donors (Lipinski definition) is 1. The molecule has 1 aromatic carbocycles. The number of ether oxygens (including phenoxy) is 3. The summed E-state index contributed by atoms with van der Waals surface area (Å²) in [6.07, 6.45) is 0.924. The molecule has 0 saturated carbocycles. The van der Waals surface area contributed by atoms with Gasteiger partial charge in [-0.2, -0.15) is 0 Å². The molecule has 1 heterocycles. The molecule has 1 N–H and O–H groups in total. The SMILES string of the molecule is COC(=O)C[C@H](NS(C)(=O)=O)c1ccc2c(c1)OCO2. The number of carbonyl (C=O) groups excluding carboxylic acids is 1. The van der Waals surface area contributed by atoms with Gasteiger partial charge in [0.2, 0.25) is 16.8 Å². The van der Waals surface area contributed by atoms with Crippen molar-refractivity contribution in [2.24, 2.45) is 0 Å². The molecule has 2 rings (SSSR count). The molecular formula is C12H15NO6S. The molecule has 0 spiro atoms. The van der Waals surface area contributed by atoms with Crippen LogP contribution in [0.3, 0.4) is 0 Å². The molecular weight excluding hydrogens is 286 g/mol. The third-order valence-corrected chi connectivity index (χ3v) is 3.47. The van der Waals surface area contributed by atoms with Gasteiger partial charge in [-0.1, -0.05) is 6.07 Å². The first-order valence-electron chi connectivity index (χ1n) is 5.82. The van der Waals surface area contributed by atoms with E-state index in [0.717, 1.165) is 6.26 Å². The van der Waals surface area contributed by atoms with Crippen LogP contribution in [0.5, 0.6) is 11.5 Å². The van der Waals surface area contributed by atoms with E-state index in [-0.39, 0.29) is 13.2 Å². The Bertz CT molecular complexity index is 612. The van der Waals surface area contributed by atoms with Crippen LogP contribution >= 0.6 is 0 Å². The highest BCUT2D eigenvalue weighted by Gasteiger charge is 2.23. The van der Waals surface area contributed by atoms with Crippen molar-refractivity contribution in [1.29, 1.82) is 0 Å². The van der Waals surface area contributed by atoms with E-state index in [9.17, 15) is 13.2 Å². The van der Waals surface area contributed by atoms with Gasteiger partial charge in [0.1, 0.15) is 0 Å². The standard InChI is InChI=1S/C12H15NO6S/c1-17-12(14)6-9(13-20(2,15)16)8-3-4-10-11(5-8)19-7-18-10/h3-5,9,13H,6-7H2,1-2H3/t9-/m0/s1. The van der Waals surface area contributed by atoms with E-state index in [2.05, 4.69) is 9.46 Å². The highest BCUT2D eigenvalue weighted by Crippen LogP contribution is 2.35. The number of fused-ring (bicyclic) bond motifs is 1. The quantitative estimate of drug-likeness (QED) is 0.800. The number of hydrogen-bond acceptors (Lipinski definition) is 6. The normalized spacial score (nSPS) is 14.9. The third-order valence-electron chi connectivity index (χ3n) is 2.75. The van der Waals surface area contributed by atoms with Gasteiger partial charge in [-0.15, -0.1) is 0 Å². The van der Waals surface area contributed by atoms with Gasteiger partial charge in [-0.05, 0) is 17.7 Å². The molecule has 110 valence electrons. The van der Waals surface area contributed by atoms with Crippen LogP contribution in [0.2, 0.25) is 0 Å². The van der Waals surface area contributed by atoms with Gasteiger partial charge in [0.05, 0.1) is 25.8 Å². The van der Waals surface area contributed by atoms with Crippen molar-refractivity contribution in [1.82, 2.24) is 4.72 Å². The fourth-order valence-corrected chi connectivity index (χ4v) is 2.60. The Morgan fingerprint density at radius 1 is 1.40 bits per heavy atom. The zero-order chi connectivity index (χ0) is 14.8. The molecule has 0 bridgehead atoms. The van der Waals surface area contributed by atoms with Crippen molar-refractivity contribution < 1.29 is 27.4 Å². The zero-order valence-electron chi connectivity index (χ0n) is 11.1. The first-order valence-corrected chi connectivity index (χ1v) is 7.72. The van der Waals surface area contributed by atoms with E-state index in [1.807, 2.05) is 0 Å². The molecule has 1 atom stereocenters. The molecule has 1 aliphatic heterocycles. The van der Waals surface area contributed by atoms with E-state index in [1.54, 1.807) is 18.2 Å². The van der Waals surface area contributed by atoms with Crippen LogP contribution in [0.4, 0.5) is 0 Å². The average molecular weight is 301 g/mol. The van der Waals surface area contributed by atoms with Gasteiger partial charge in [0.15, 0.2) is 11.5 Å². The fraction of sp³-hybridized carbons (Fsp3) is 0.417. The van der Waals surface area contributed by atoms with Crippen molar-refractivity contribution in [2.45, 2.75) is 12.5 Å². The maximum Gasteiger partial charge on any atom is 0.307 e. The number of rotatable bonds is 5.